The van der Waals surface area contributed by atoms with Crippen molar-refractivity contribution in [3.63, 3.8) is 0 Å². The fraction of sp³-hybridized carbons (Fsp3) is 0.381. The predicted octanol–water partition coefficient (Wildman–Crippen LogP) is 1.69. The maximum absolute atomic E-state index is 4.27. The number of hydrogen-bond donors (Lipinski definition) is 1. The summed E-state index contributed by atoms with van der Waals surface area (Å²) < 4.78 is 1.83. The molecular formula is C21H27N6+. The van der Waals surface area contributed by atoms with Gasteiger partial charge >= 0.3 is 0 Å². The second-order valence-electron chi connectivity index (χ2n) is 7.54. The number of anilines is 1. The smallest absolute Gasteiger partial charge is 0.250 e. The number of para-hydroxylation sites is 1. The van der Waals surface area contributed by atoms with Crippen LogP contribution in [-0.4, -0.2) is 46.4 Å². The molecule has 4 rings (SSSR count). The molecule has 3 aromatic rings. The number of tetrazole rings is 1. The first-order chi connectivity index (χ1) is 13.2. The zero-order valence-corrected chi connectivity index (χ0v) is 16.0. The number of piperazine rings is 1. The number of hydrogen-bond acceptors (Lipinski definition) is 4. The normalized spacial score (nSPS) is 15.4. The Labute approximate surface area is 160 Å². The topological polar surface area (TPSA) is 51.3 Å². The van der Waals surface area contributed by atoms with Gasteiger partial charge in [-0.2, -0.15) is 4.68 Å². The van der Waals surface area contributed by atoms with Crippen LogP contribution in [0.25, 0.3) is 5.69 Å². The van der Waals surface area contributed by atoms with Crippen molar-refractivity contribution >= 4 is 5.95 Å². The van der Waals surface area contributed by atoms with Crippen LogP contribution < -0.4 is 9.80 Å². The Morgan fingerprint density at radius 3 is 2.33 bits per heavy atom. The van der Waals surface area contributed by atoms with E-state index < -0.39 is 0 Å². The standard InChI is InChI=1S/C21H26N6/c1-17(2)19-10-8-18(9-11-19)16-25-12-14-26(15-13-25)21-22-23-24-27(21)20-6-4-3-5-7-20/h3-11,17H,12-16H2,1-2H3/p+1. The molecule has 0 radical (unpaired) electrons. The molecule has 6 nitrogen and oxygen atoms in total. The van der Waals surface area contributed by atoms with Gasteiger partial charge < -0.3 is 9.80 Å². The maximum Gasteiger partial charge on any atom is 0.250 e. The van der Waals surface area contributed by atoms with Crippen molar-refractivity contribution in [2.45, 2.75) is 26.3 Å². The van der Waals surface area contributed by atoms with Gasteiger partial charge in [0.15, 0.2) is 0 Å². The van der Waals surface area contributed by atoms with Crippen molar-refractivity contribution in [3.05, 3.63) is 65.7 Å². The van der Waals surface area contributed by atoms with Crippen LogP contribution in [0.1, 0.15) is 30.9 Å². The van der Waals surface area contributed by atoms with Gasteiger partial charge in [-0.3, -0.25) is 0 Å². The Hall–Kier alpha value is -2.73. The number of quaternary nitrogens is 1. The minimum absolute atomic E-state index is 0.588. The quantitative estimate of drug-likeness (QED) is 0.750. The van der Waals surface area contributed by atoms with E-state index in [4.69, 9.17) is 0 Å². The Bertz CT molecular complexity index is 848. The Morgan fingerprint density at radius 1 is 0.963 bits per heavy atom. The van der Waals surface area contributed by atoms with Gasteiger partial charge in [0.25, 0.3) is 5.95 Å². The molecule has 2 aromatic carbocycles. The lowest BCUT2D eigenvalue weighted by molar-refractivity contribution is -0.914. The van der Waals surface area contributed by atoms with Crippen molar-refractivity contribution in [2.75, 3.05) is 31.1 Å². The van der Waals surface area contributed by atoms with Crippen LogP contribution in [0.2, 0.25) is 0 Å². The van der Waals surface area contributed by atoms with E-state index in [1.807, 2.05) is 35.0 Å². The van der Waals surface area contributed by atoms with Crippen LogP contribution in [-0.2, 0) is 6.54 Å². The molecule has 1 N–H and O–H groups in total. The molecule has 0 amide bonds. The van der Waals surface area contributed by atoms with E-state index >= 15 is 0 Å². The van der Waals surface area contributed by atoms with Crippen LogP contribution in [0.4, 0.5) is 5.95 Å². The third-order valence-electron chi connectivity index (χ3n) is 5.31. The predicted molar refractivity (Wildman–Crippen MR) is 106 cm³/mol. The average molecular weight is 363 g/mol. The van der Waals surface area contributed by atoms with E-state index in [2.05, 4.69) is 58.5 Å². The summed E-state index contributed by atoms with van der Waals surface area (Å²) >= 11 is 0. The molecule has 0 saturated carbocycles. The lowest BCUT2D eigenvalue weighted by Crippen LogP contribution is -3.13. The third kappa shape index (κ3) is 4.01. The summed E-state index contributed by atoms with van der Waals surface area (Å²) in [5.74, 6) is 1.42. The average Bonchev–Trinajstić information content (AvgIpc) is 3.19. The van der Waals surface area contributed by atoms with Crippen LogP contribution in [0.5, 0.6) is 0 Å². The summed E-state index contributed by atoms with van der Waals surface area (Å²) in [4.78, 5) is 3.90. The van der Waals surface area contributed by atoms with Crippen LogP contribution in [0, 0.1) is 0 Å². The van der Waals surface area contributed by atoms with E-state index in [0.717, 1.165) is 44.4 Å². The van der Waals surface area contributed by atoms with E-state index in [-0.39, 0.29) is 0 Å². The molecule has 1 aliphatic heterocycles. The molecule has 0 unspecified atom stereocenters. The molecule has 1 saturated heterocycles. The number of aromatic nitrogens is 4. The summed E-state index contributed by atoms with van der Waals surface area (Å²) in [5.41, 5.74) is 3.82. The highest BCUT2D eigenvalue weighted by Gasteiger charge is 2.24. The molecule has 0 bridgehead atoms. The van der Waals surface area contributed by atoms with Gasteiger partial charge in [-0.25, -0.2) is 0 Å². The van der Waals surface area contributed by atoms with Crippen LogP contribution in [0.15, 0.2) is 54.6 Å². The zero-order valence-electron chi connectivity index (χ0n) is 16.0. The van der Waals surface area contributed by atoms with Crippen molar-refractivity contribution in [1.82, 2.24) is 20.2 Å². The molecule has 1 aromatic heterocycles. The van der Waals surface area contributed by atoms with Crippen molar-refractivity contribution in [2.24, 2.45) is 0 Å². The zero-order chi connectivity index (χ0) is 18.6. The summed E-state index contributed by atoms with van der Waals surface area (Å²) in [5, 5.41) is 12.3. The van der Waals surface area contributed by atoms with E-state index in [0.29, 0.717) is 5.92 Å². The molecular weight excluding hydrogens is 336 g/mol. The molecule has 1 aliphatic rings. The van der Waals surface area contributed by atoms with Gasteiger partial charge in [0.2, 0.25) is 0 Å². The first kappa shape index (κ1) is 17.7. The largest absolute Gasteiger partial charge is 0.328 e. The summed E-state index contributed by atoms with van der Waals surface area (Å²) in [7, 11) is 0. The molecule has 0 atom stereocenters. The van der Waals surface area contributed by atoms with Gasteiger partial charge in [0.1, 0.15) is 6.54 Å². The summed E-state index contributed by atoms with van der Waals surface area (Å²) in [6.07, 6.45) is 0. The number of nitrogens with one attached hydrogen (secondary N) is 1. The van der Waals surface area contributed by atoms with Crippen molar-refractivity contribution < 1.29 is 4.90 Å². The maximum atomic E-state index is 4.27. The molecule has 27 heavy (non-hydrogen) atoms. The minimum Gasteiger partial charge on any atom is -0.328 e. The monoisotopic (exact) mass is 363 g/mol. The number of benzene rings is 2. The Morgan fingerprint density at radius 2 is 1.67 bits per heavy atom. The first-order valence-electron chi connectivity index (χ1n) is 9.72. The lowest BCUT2D eigenvalue weighted by Gasteiger charge is -2.32. The second-order valence-corrected chi connectivity index (χ2v) is 7.54. The van der Waals surface area contributed by atoms with Gasteiger partial charge in [0, 0.05) is 5.56 Å². The molecule has 6 heteroatoms. The Balaban J connectivity index is 1.38. The molecule has 0 aliphatic carbocycles. The molecule has 2 heterocycles. The van der Waals surface area contributed by atoms with Gasteiger partial charge in [-0.05, 0) is 34.0 Å². The third-order valence-corrected chi connectivity index (χ3v) is 5.31. The highest BCUT2D eigenvalue weighted by atomic mass is 15.6. The van der Waals surface area contributed by atoms with Gasteiger partial charge in [-0.1, -0.05) is 61.4 Å². The summed E-state index contributed by atoms with van der Waals surface area (Å²) in [6, 6.07) is 19.2. The van der Waals surface area contributed by atoms with Crippen LogP contribution >= 0.6 is 0 Å². The van der Waals surface area contributed by atoms with Gasteiger partial charge in [-0.15, -0.1) is 0 Å². The second kappa shape index (κ2) is 7.88. The van der Waals surface area contributed by atoms with Gasteiger partial charge in [0.05, 0.1) is 31.9 Å². The van der Waals surface area contributed by atoms with Crippen LogP contribution in [0.3, 0.4) is 0 Å². The highest BCUT2D eigenvalue weighted by molar-refractivity contribution is 5.40. The molecule has 0 spiro atoms. The van der Waals surface area contributed by atoms with Crippen molar-refractivity contribution in [3.8, 4) is 5.69 Å². The van der Waals surface area contributed by atoms with E-state index in [1.165, 1.54) is 11.1 Å². The highest BCUT2D eigenvalue weighted by Crippen LogP contribution is 2.16. The number of nitrogens with zero attached hydrogens (tertiary/aromatic N) is 5. The minimum atomic E-state index is 0.588. The SMILES string of the molecule is CC(C)c1ccc(C[NH+]2CCN(c3nnnn3-c3ccccc3)CC2)cc1. The van der Waals surface area contributed by atoms with E-state index in [1.54, 1.807) is 4.90 Å². The first-order valence-corrected chi connectivity index (χ1v) is 9.72. The van der Waals surface area contributed by atoms with Crippen molar-refractivity contribution in [1.29, 1.82) is 0 Å². The summed E-state index contributed by atoms with van der Waals surface area (Å²) in [6.45, 7) is 9.67. The molecule has 140 valence electrons. The van der Waals surface area contributed by atoms with E-state index in [9.17, 15) is 0 Å². The fourth-order valence-corrected chi connectivity index (χ4v) is 3.62. The lowest BCUT2D eigenvalue weighted by atomic mass is 10.0. The number of rotatable bonds is 5. The Kier molecular flexibility index (Phi) is 5.16. The fourth-order valence-electron chi connectivity index (χ4n) is 3.62. The molecule has 1 fully saturated rings.